The lowest BCUT2D eigenvalue weighted by Gasteiger charge is -2.14. The summed E-state index contributed by atoms with van der Waals surface area (Å²) in [5, 5.41) is 0. The van der Waals surface area contributed by atoms with Crippen LogP contribution in [-0.4, -0.2) is 28.6 Å². The number of nitrogens with zero attached hydrogens (tertiary/aromatic N) is 2. The molecule has 2 aromatic carbocycles. The predicted molar refractivity (Wildman–Crippen MR) is 160 cm³/mol. The molecule has 5 nitrogen and oxygen atoms in total. The topological polar surface area (TPSA) is 61.3 Å². The van der Waals surface area contributed by atoms with Crippen LogP contribution >= 0.6 is 0 Å². The Kier molecular flexibility index (Phi) is 13.5. The molecule has 0 radical (unpaired) electrons. The molecule has 0 aliphatic carbocycles. The van der Waals surface area contributed by atoms with E-state index < -0.39 is 6.10 Å². The Labute approximate surface area is 235 Å². The molecule has 0 saturated heterocycles. The summed E-state index contributed by atoms with van der Waals surface area (Å²) in [4.78, 5) is 21.2. The van der Waals surface area contributed by atoms with E-state index in [0.717, 1.165) is 36.0 Å². The number of hydrogen-bond donors (Lipinski definition) is 0. The number of carbonyl (C=O) groups excluding carboxylic acids is 1. The van der Waals surface area contributed by atoms with Crippen LogP contribution in [0.15, 0.2) is 60.9 Å². The highest BCUT2D eigenvalue weighted by molar-refractivity contribution is 5.74. The second-order valence-electron chi connectivity index (χ2n) is 10.4. The minimum absolute atomic E-state index is 0.344. The Morgan fingerprint density at radius 1 is 0.692 bits per heavy atom. The van der Waals surface area contributed by atoms with Gasteiger partial charge in [-0.05, 0) is 61.6 Å². The highest BCUT2D eigenvalue weighted by Crippen LogP contribution is 2.24. The van der Waals surface area contributed by atoms with Gasteiger partial charge in [0.1, 0.15) is 5.75 Å². The van der Waals surface area contributed by atoms with Crippen LogP contribution in [0.5, 0.6) is 5.75 Å². The van der Waals surface area contributed by atoms with Crippen LogP contribution in [0.3, 0.4) is 0 Å². The van der Waals surface area contributed by atoms with E-state index in [1.54, 1.807) is 6.92 Å². The third kappa shape index (κ3) is 10.8. The molecular formula is C34H46N2O3. The van der Waals surface area contributed by atoms with Gasteiger partial charge in [0.25, 0.3) is 0 Å². The summed E-state index contributed by atoms with van der Waals surface area (Å²) in [6, 6.07) is 16.3. The van der Waals surface area contributed by atoms with Crippen LogP contribution in [0.4, 0.5) is 0 Å². The van der Waals surface area contributed by atoms with Gasteiger partial charge < -0.3 is 9.47 Å². The van der Waals surface area contributed by atoms with Crippen molar-refractivity contribution in [3.8, 4) is 28.3 Å². The summed E-state index contributed by atoms with van der Waals surface area (Å²) >= 11 is 0. The number of ether oxygens (including phenoxy) is 2. The SMILES string of the molecule is CCCCCCCCCCCc1ccc(-c2cnc(-c3ccc(OC(C)C(=O)OCCCC)cc3)nc2)cc1. The van der Waals surface area contributed by atoms with E-state index in [4.69, 9.17) is 9.47 Å². The number of rotatable bonds is 18. The molecule has 5 heteroatoms. The first-order valence-electron chi connectivity index (χ1n) is 15.0. The molecule has 0 fully saturated rings. The van der Waals surface area contributed by atoms with E-state index in [9.17, 15) is 4.79 Å². The minimum atomic E-state index is -0.653. The number of unbranched alkanes of at least 4 members (excludes halogenated alkanes) is 9. The van der Waals surface area contributed by atoms with Crippen molar-refractivity contribution >= 4 is 5.97 Å². The quantitative estimate of drug-likeness (QED) is 0.121. The van der Waals surface area contributed by atoms with E-state index in [2.05, 4.69) is 48.1 Å². The molecule has 0 bridgehead atoms. The Morgan fingerprint density at radius 2 is 1.26 bits per heavy atom. The lowest BCUT2D eigenvalue weighted by molar-refractivity contribution is -0.151. The van der Waals surface area contributed by atoms with Gasteiger partial charge in [-0.3, -0.25) is 0 Å². The van der Waals surface area contributed by atoms with Crippen LogP contribution in [0, 0.1) is 0 Å². The second-order valence-corrected chi connectivity index (χ2v) is 10.4. The Morgan fingerprint density at radius 3 is 1.87 bits per heavy atom. The van der Waals surface area contributed by atoms with Crippen LogP contribution in [0.2, 0.25) is 0 Å². The number of aryl methyl sites for hydroxylation is 1. The first kappa shape index (κ1) is 30.3. The highest BCUT2D eigenvalue weighted by Gasteiger charge is 2.16. The zero-order valence-corrected chi connectivity index (χ0v) is 24.2. The summed E-state index contributed by atoms with van der Waals surface area (Å²) in [5.41, 5.74) is 4.41. The van der Waals surface area contributed by atoms with Crippen molar-refractivity contribution in [1.82, 2.24) is 9.97 Å². The molecule has 0 aliphatic rings. The Hall–Kier alpha value is -3.21. The Balaban J connectivity index is 1.43. The fourth-order valence-corrected chi connectivity index (χ4v) is 4.50. The van der Waals surface area contributed by atoms with E-state index in [-0.39, 0.29) is 5.97 Å². The summed E-state index contributed by atoms with van der Waals surface area (Å²) in [6.45, 7) is 6.46. The molecule has 0 saturated carbocycles. The smallest absolute Gasteiger partial charge is 0.347 e. The molecule has 1 aromatic heterocycles. The first-order chi connectivity index (χ1) is 19.1. The molecule has 1 heterocycles. The fourth-order valence-electron chi connectivity index (χ4n) is 4.50. The number of benzene rings is 2. The van der Waals surface area contributed by atoms with Crippen molar-refractivity contribution in [2.75, 3.05) is 6.61 Å². The van der Waals surface area contributed by atoms with Gasteiger partial charge in [-0.2, -0.15) is 0 Å². The van der Waals surface area contributed by atoms with Gasteiger partial charge in [0.2, 0.25) is 0 Å². The number of carbonyl (C=O) groups is 1. The maximum absolute atomic E-state index is 12.0. The maximum atomic E-state index is 12.0. The first-order valence-corrected chi connectivity index (χ1v) is 15.0. The molecule has 39 heavy (non-hydrogen) atoms. The third-order valence-corrected chi connectivity index (χ3v) is 7.01. The number of aromatic nitrogens is 2. The zero-order valence-electron chi connectivity index (χ0n) is 24.2. The van der Waals surface area contributed by atoms with Gasteiger partial charge in [-0.25, -0.2) is 14.8 Å². The molecule has 0 amide bonds. The van der Waals surface area contributed by atoms with Crippen molar-refractivity contribution in [2.45, 2.75) is 104 Å². The largest absolute Gasteiger partial charge is 0.479 e. The summed E-state index contributed by atoms with van der Waals surface area (Å²) < 4.78 is 10.9. The van der Waals surface area contributed by atoms with E-state index in [0.29, 0.717) is 18.2 Å². The van der Waals surface area contributed by atoms with Gasteiger partial charge in [0.15, 0.2) is 11.9 Å². The third-order valence-electron chi connectivity index (χ3n) is 7.01. The van der Waals surface area contributed by atoms with Gasteiger partial charge in [0, 0.05) is 23.5 Å². The molecule has 1 unspecified atom stereocenters. The van der Waals surface area contributed by atoms with Crippen molar-refractivity contribution in [2.24, 2.45) is 0 Å². The number of hydrogen-bond acceptors (Lipinski definition) is 5. The van der Waals surface area contributed by atoms with Crippen molar-refractivity contribution < 1.29 is 14.3 Å². The fraction of sp³-hybridized carbons (Fsp3) is 0.500. The lowest BCUT2D eigenvalue weighted by atomic mass is 10.0. The summed E-state index contributed by atoms with van der Waals surface area (Å²) in [7, 11) is 0. The van der Waals surface area contributed by atoms with E-state index in [1.807, 2.05) is 36.7 Å². The van der Waals surface area contributed by atoms with Crippen molar-refractivity contribution in [1.29, 1.82) is 0 Å². The van der Waals surface area contributed by atoms with Crippen LogP contribution in [0.25, 0.3) is 22.5 Å². The lowest BCUT2D eigenvalue weighted by Crippen LogP contribution is -2.26. The summed E-state index contributed by atoms with van der Waals surface area (Å²) in [6.07, 6.45) is 18.3. The molecule has 210 valence electrons. The van der Waals surface area contributed by atoms with Gasteiger partial charge >= 0.3 is 5.97 Å². The molecule has 3 rings (SSSR count). The van der Waals surface area contributed by atoms with Crippen LogP contribution in [0.1, 0.15) is 97.0 Å². The van der Waals surface area contributed by atoms with E-state index in [1.165, 1.54) is 63.4 Å². The van der Waals surface area contributed by atoms with E-state index >= 15 is 0 Å². The van der Waals surface area contributed by atoms with Gasteiger partial charge in [0.05, 0.1) is 6.61 Å². The molecular weight excluding hydrogens is 484 g/mol. The standard InChI is InChI=1S/C34H46N2O3/c1-4-6-8-9-10-11-12-13-14-15-28-16-18-29(19-17-28)31-25-35-33(36-26-31)30-20-22-32(23-21-30)39-27(3)34(37)38-24-7-5-2/h16-23,25-27H,4-15,24H2,1-3H3. The minimum Gasteiger partial charge on any atom is -0.479 e. The maximum Gasteiger partial charge on any atom is 0.347 e. The highest BCUT2D eigenvalue weighted by atomic mass is 16.6. The normalized spacial score (nSPS) is 11.8. The van der Waals surface area contributed by atoms with Crippen molar-refractivity contribution in [3.05, 3.63) is 66.5 Å². The van der Waals surface area contributed by atoms with Gasteiger partial charge in [-0.1, -0.05) is 95.9 Å². The molecule has 0 spiro atoms. The molecule has 3 aromatic rings. The van der Waals surface area contributed by atoms with Crippen molar-refractivity contribution in [3.63, 3.8) is 0 Å². The zero-order chi connectivity index (χ0) is 27.7. The molecule has 0 aliphatic heterocycles. The average Bonchev–Trinajstić information content (AvgIpc) is 2.97. The monoisotopic (exact) mass is 530 g/mol. The predicted octanol–water partition coefficient (Wildman–Crippen LogP) is 8.99. The van der Waals surface area contributed by atoms with Crippen LogP contribution < -0.4 is 4.74 Å². The molecule has 0 N–H and O–H groups in total. The molecule has 1 atom stereocenters. The number of esters is 1. The Bertz CT molecular complexity index is 1080. The summed E-state index contributed by atoms with van der Waals surface area (Å²) in [5.74, 6) is 0.917. The van der Waals surface area contributed by atoms with Gasteiger partial charge in [-0.15, -0.1) is 0 Å². The average molecular weight is 531 g/mol. The second kappa shape index (κ2) is 17.4. The van der Waals surface area contributed by atoms with Crippen LogP contribution in [-0.2, 0) is 16.0 Å².